The van der Waals surface area contributed by atoms with E-state index in [2.05, 4.69) is 44.9 Å². The fourth-order valence-corrected chi connectivity index (χ4v) is 4.74. The van der Waals surface area contributed by atoms with Gasteiger partial charge >= 0.3 is 5.97 Å². The van der Waals surface area contributed by atoms with Crippen LogP contribution in [0.1, 0.15) is 45.6 Å². The number of methoxy groups -OCH3 is 1. The Morgan fingerprint density at radius 2 is 1.64 bits per heavy atom. The number of nitrogens with one attached hydrogen (secondary N) is 1. The Hall–Kier alpha value is -4.33. The van der Waals surface area contributed by atoms with Crippen molar-refractivity contribution in [2.45, 2.75) is 52.6 Å². The Bertz CT molecular complexity index is 1370. The van der Waals surface area contributed by atoms with Crippen molar-refractivity contribution in [1.82, 2.24) is 25.5 Å². The molecule has 1 atom stereocenters. The van der Waals surface area contributed by atoms with Gasteiger partial charge in [-0.15, -0.1) is 10.2 Å². The van der Waals surface area contributed by atoms with Gasteiger partial charge in [0, 0.05) is 18.5 Å². The van der Waals surface area contributed by atoms with Crippen LogP contribution in [0.3, 0.4) is 0 Å². The first-order valence-electron chi connectivity index (χ1n) is 13.3. The number of benzene rings is 3. The predicted octanol–water partition coefficient (Wildman–Crippen LogP) is 5.92. The molecule has 0 radical (unpaired) electrons. The van der Waals surface area contributed by atoms with Crippen LogP contribution in [0.15, 0.2) is 72.8 Å². The molecule has 8 nitrogen and oxygen atoms in total. The number of aromatic amines is 1. The summed E-state index contributed by atoms with van der Waals surface area (Å²) in [4.78, 5) is 27.5. The normalized spacial score (nSPS) is 11.8. The number of carbonyl (C=O) groups is 2. The molecule has 0 saturated heterocycles. The molecule has 0 aliphatic carbocycles. The minimum atomic E-state index is -0.647. The van der Waals surface area contributed by atoms with Crippen LogP contribution >= 0.6 is 0 Å². The van der Waals surface area contributed by atoms with Gasteiger partial charge in [0.2, 0.25) is 11.7 Å². The monoisotopic (exact) mass is 525 g/mol. The summed E-state index contributed by atoms with van der Waals surface area (Å²) in [6, 6.07) is 23.8. The fraction of sp³-hybridized carbons (Fsp3) is 0.323. The van der Waals surface area contributed by atoms with E-state index in [0.717, 1.165) is 46.2 Å². The van der Waals surface area contributed by atoms with E-state index in [1.165, 1.54) is 7.11 Å². The summed E-state index contributed by atoms with van der Waals surface area (Å²) >= 11 is 0. The molecule has 0 fully saturated rings. The van der Waals surface area contributed by atoms with Gasteiger partial charge < -0.3 is 9.64 Å². The molecule has 0 aliphatic heterocycles. The molecule has 39 heavy (non-hydrogen) atoms. The van der Waals surface area contributed by atoms with E-state index in [-0.39, 0.29) is 11.8 Å². The van der Waals surface area contributed by atoms with Gasteiger partial charge in [-0.25, -0.2) is 4.79 Å². The Balaban J connectivity index is 1.68. The lowest BCUT2D eigenvalue weighted by atomic mass is 9.93. The third kappa shape index (κ3) is 6.57. The van der Waals surface area contributed by atoms with Crippen molar-refractivity contribution in [3.05, 3.63) is 78.4 Å². The maximum atomic E-state index is 13.2. The lowest BCUT2D eigenvalue weighted by Gasteiger charge is -2.32. The van der Waals surface area contributed by atoms with E-state index >= 15 is 0 Å². The number of unbranched alkanes of at least 4 members (excludes halogenated alkanes) is 1. The Labute approximate surface area is 229 Å². The van der Waals surface area contributed by atoms with Crippen LogP contribution in [0, 0.1) is 5.92 Å². The van der Waals surface area contributed by atoms with Crippen LogP contribution in [0.4, 0.5) is 0 Å². The second-order valence-corrected chi connectivity index (χ2v) is 9.90. The van der Waals surface area contributed by atoms with E-state index in [0.29, 0.717) is 18.8 Å². The summed E-state index contributed by atoms with van der Waals surface area (Å²) in [5.74, 6) is -0.00582. The quantitative estimate of drug-likeness (QED) is 0.244. The number of aromatic nitrogens is 4. The van der Waals surface area contributed by atoms with Crippen molar-refractivity contribution < 1.29 is 14.3 Å². The van der Waals surface area contributed by atoms with Crippen LogP contribution in [0.2, 0.25) is 0 Å². The lowest BCUT2D eigenvalue weighted by Crippen LogP contribution is -2.48. The van der Waals surface area contributed by atoms with Crippen LogP contribution in [-0.4, -0.2) is 50.6 Å². The minimum Gasteiger partial charge on any atom is -0.467 e. The summed E-state index contributed by atoms with van der Waals surface area (Å²) in [7, 11) is 1.37. The second-order valence-electron chi connectivity index (χ2n) is 9.90. The molecule has 0 unspecified atom stereocenters. The zero-order chi connectivity index (χ0) is 27.8. The number of tetrazole rings is 1. The zero-order valence-corrected chi connectivity index (χ0v) is 22.9. The highest BCUT2D eigenvalue weighted by molar-refractivity contribution is 5.86. The van der Waals surface area contributed by atoms with Crippen molar-refractivity contribution in [1.29, 1.82) is 0 Å². The first kappa shape index (κ1) is 27.7. The van der Waals surface area contributed by atoms with Crippen LogP contribution in [0.25, 0.3) is 33.6 Å². The zero-order valence-electron chi connectivity index (χ0n) is 22.9. The third-order valence-electron chi connectivity index (χ3n) is 6.81. The van der Waals surface area contributed by atoms with Crippen LogP contribution < -0.4 is 0 Å². The van der Waals surface area contributed by atoms with Gasteiger partial charge in [-0.3, -0.25) is 4.79 Å². The van der Waals surface area contributed by atoms with E-state index in [1.54, 1.807) is 4.90 Å². The Morgan fingerprint density at radius 3 is 2.26 bits per heavy atom. The highest BCUT2D eigenvalue weighted by atomic mass is 16.5. The molecular formula is C31H35N5O3. The molecule has 1 aromatic heterocycles. The van der Waals surface area contributed by atoms with Crippen LogP contribution in [-0.2, 0) is 20.9 Å². The molecule has 1 heterocycles. The van der Waals surface area contributed by atoms with Crippen molar-refractivity contribution in [2.24, 2.45) is 5.92 Å². The molecular weight excluding hydrogens is 490 g/mol. The van der Waals surface area contributed by atoms with Crippen molar-refractivity contribution in [3.8, 4) is 33.6 Å². The first-order chi connectivity index (χ1) is 18.9. The maximum absolute atomic E-state index is 13.2. The summed E-state index contributed by atoms with van der Waals surface area (Å²) in [5.41, 5.74) is 5.92. The van der Waals surface area contributed by atoms with Crippen molar-refractivity contribution in [3.63, 3.8) is 0 Å². The maximum Gasteiger partial charge on any atom is 0.328 e. The summed E-state index contributed by atoms with van der Waals surface area (Å²) in [6.07, 6.45) is 2.08. The largest absolute Gasteiger partial charge is 0.467 e. The van der Waals surface area contributed by atoms with E-state index in [1.807, 2.05) is 69.3 Å². The number of carbonyl (C=O) groups excluding carboxylic acids is 2. The topological polar surface area (TPSA) is 101 Å². The van der Waals surface area contributed by atoms with Gasteiger partial charge in [0.1, 0.15) is 6.04 Å². The van der Waals surface area contributed by atoms with Gasteiger partial charge in [0.05, 0.1) is 7.11 Å². The number of amides is 1. The average molecular weight is 526 g/mol. The van der Waals surface area contributed by atoms with Gasteiger partial charge in [-0.05, 0) is 57.5 Å². The molecule has 0 bridgehead atoms. The fourth-order valence-electron chi connectivity index (χ4n) is 4.74. The number of ether oxygens (including phenoxy) is 1. The van der Waals surface area contributed by atoms with E-state index < -0.39 is 12.0 Å². The molecule has 1 amide bonds. The summed E-state index contributed by atoms with van der Waals surface area (Å²) in [6.45, 7) is 6.24. The second kappa shape index (κ2) is 13.0. The smallest absolute Gasteiger partial charge is 0.328 e. The molecule has 3 aromatic carbocycles. The van der Waals surface area contributed by atoms with Crippen molar-refractivity contribution in [2.75, 3.05) is 7.11 Å². The van der Waals surface area contributed by atoms with Crippen LogP contribution in [0.5, 0.6) is 0 Å². The molecule has 0 saturated carbocycles. The first-order valence-corrected chi connectivity index (χ1v) is 13.3. The van der Waals surface area contributed by atoms with Gasteiger partial charge in [0.15, 0.2) is 0 Å². The molecule has 4 aromatic rings. The standard InChI is InChI=1S/C31H35N5O3/c1-5-6-12-28(37)36(29(21(2)3)31(38)39-4)20-22-13-15-24(16-14-22)27-19-25(23-10-8-7-9-11-23)17-18-26(27)30-32-34-35-33-30/h7-11,13-19,21,29H,5-6,12,20H2,1-4H3,(H,32,33,34,35)/t29-/m0/s1. The molecule has 8 heteroatoms. The number of H-pyrrole nitrogens is 1. The molecule has 202 valence electrons. The van der Waals surface area contributed by atoms with Crippen molar-refractivity contribution >= 4 is 11.9 Å². The number of esters is 1. The number of nitrogens with zero attached hydrogens (tertiary/aromatic N) is 4. The average Bonchev–Trinajstić information content (AvgIpc) is 3.51. The van der Waals surface area contributed by atoms with E-state index in [9.17, 15) is 9.59 Å². The predicted molar refractivity (Wildman–Crippen MR) is 151 cm³/mol. The van der Waals surface area contributed by atoms with Gasteiger partial charge in [-0.2, -0.15) is 5.21 Å². The molecule has 4 rings (SSSR count). The van der Waals surface area contributed by atoms with E-state index in [4.69, 9.17) is 4.74 Å². The summed E-state index contributed by atoms with van der Waals surface area (Å²) < 4.78 is 5.07. The molecule has 1 N–H and O–H groups in total. The Kier molecular flexibility index (Phi) is 9.20. The van der Waals surface area contributed by atoms with Gasteiger partial charge in [0.25, 0.3) is 0 Å². The molecule has 0 aliphatic rings. The minimum absolute atomic E-state index is 0.0417. The van der Waals surface area contributed by atoms with Gasteiger partial charge in [-0.1, -0.05) is 87.9 Å². The number of rotatable bonds is 11. The highest BCUT2D eigenvalue weighted by Crippen LogP contribution is 2.34. The Morgan fingerprint density at radius 1 is 0.923 bits per heavy atom. The lowest BCUT2D eigenvalue weighted by molar-refractivity contribution is -0.155. The summed E-state index contributed by atoms with van der Waals surface area (Å²) in [5, 5.41) is 14.7. The number of hydrogen-bond acceptors (Lipinski definition) is 6. The number of hydrogen-bond donors (Lipinski definition) is 1. The SMILES string of the molecule is CCCCC(=O)N(Cc1ccc(-c2cc(-c3ccccc3)ccc2-c2nn[nH]n2)cc1)[C@H](C(=O)OC)C(C)C. The molecule has 0 spiro atoms. The highest BCUT2D eigenvalue weighted by Gasteiger charge is 2.33. The third-order valence-corrected chi connectivity index (χ3v) is 6.81.